The van der Waals surface area contributed by atoms with Crippen molar-refractivity contribution >= 4 is 11.7 Å². The van der Waals surface area contributed by atoms with Crippen LogP contribution in [0.25, 0.3) is 0 Å². The minimum atomic E-state index is -0.305. The highest BCUT2D eigenvalue weighted by atomic mass is 19.1. The number of benzene rings is 1. The fourth-order valence-electron chi connectivity index (χ4n) is 4.57. The molecule has 160 valence electrons. The standard InChI is InChI=1S/C23H30FN5O/c1-3-25-14-19(17-5-7-18(24)8-6-17)23(30)29-12-10-28(11-13-29)22-21-16(2)4-9-20(21)26-15-27-22/h5-8,15-16,19,25H,3-4,9-14H2,1-2H3/t16-,19-/m1/s1. The van der Waals surface area contributed by atoms with E-state index in [9.17, 15) is 9.18 Å². The lowest BCUT2D eigenvalue weighted by molar-refractivity contribution is -0.133. The zero-order valence-electron chi connectivity index (χ0n) is 17.8. The number of rotatable bonds is 6. The number of likely N-dealkylation sites (N-methyl/N-ethyl adjacent to an activating group) is 1. The number of piperazine rings is 1. The second kappa shape index (κ2) is 9.08. The SMILES string of the molecule is CCNC[C@@H](C(=O)N1CCN(c2ncnc3c2[C@H](C)CC3)CC1)c1ccc(F)cc1. The fraction of sp³-hybridized carbons (Fsp3) is 0.522. The maximum absolute atomic E-state index is 13.4. The summed E-state index contributed by atoms with van der Waals surface area (Å²) in [7, 11) is 0. The summed E-state index contributed by atoms with van der Waals surface area (Å²) in [6, 6.07) is 6.29. The van der Waals surface area contributed by atoms with Crippen LogP contribution < -0.4 is 10.2 Å². The van der Waals surface area contributed by atoms with Crippen molar-refractivity contribution in [2.75, 3.05) is 44.2 Å². The highest BCUT2D eigenvalue weighted by molar-refractivity contribution is 5.84. The van der Waals surface area contributed by atoms with E-state index in [1.54, 1.807) is 18.5 Å². The van der Waals surface area contributed by atoms with Crippen molar-refractivity contribution in [2.24, 2.45) is 0 Å². The van der Waals surface area contributed by atoms with Crippen LogP contribution >= 0.6 is 0 Å². The number of carbonyl (C=O) groups is 1. The third-order valence-corrected chi connectivity index (χ3v) is 6.31. The largest absolute Gasteiger partial charge is 0.353 e. The lowest BCUT2D eigenvalue weighted by Crippen LogP contribution is -2.51. The number of aryl methyl sites for hydroxylation is 1. The van der Waals surface area contributed by atoms with Crippen LogP contribution in [0, 0.1) is 5.82 Å². The smallest absolute Gasteiger partial charge is 0.231 e. The minimum absolute atomic E-state index is 0.100. The van der Waals surface area contributed by atoms with Crippen molar-refractivity contribution in [3.8, 4) is 0 Å². The molecule has 1 aliphatic carbocycles. The van der Waals surface area contributed by atoms with E-state index in [0.717, 1.165) is 43.9 Å². The molecule has 7 heteroatoms. The number of hydrogen-bond donors (Lipinski definition) is 1. The summed E-state index contributed by atoms with van der Waals surface area (Å²) in [5.74, 6) is 1.04. The number of anilines is 1. The van der Waals surface area contributed by atoms with Gasteiger partial charge in [0.15, 0.2) is 0 Å². The van der Waals surface area contributed by atoms with Gasteiger partial charge in [-0.25, -0.2) is 14.4 Å². The topological polar surface area (TPSA) is 61.4 Å². The van der Waals surface area contributed by atoms with Crippen molar-refractivity contribution in [3.05, 3.63) is 53.2 Å². The van der Waals surface area contributed by atoms with Crippen LogP contribution in [-0.4, -0.2) is 60.0 Å². The second-order valence-electron chi connectivity index (χ2n) is 8.22. The lowest BCUT2D eigenvalue weighted by atomic mass is 9.96. The zero-order valence-corrected chi connectivity index (χ0v) is 17.8. The normalized spacial score (nSPS) is 19.6. The van der Waals surface area contributed by atoms with E-state index in [1.807, 2.05) is 11.8 Å². The Labute approximate surface area is 177 Å². The lowest BCUT2D eigenvalue weighted by Gasteiger charge is -2.38. The van der Waals surface area contributed by atoms with Gasteiger partial charge in [0, 0.05) is 44.0 Å². The van der Waals surface area contributed by atoms with Crippen LogP contribution in [0.5, 0.6) is 0 Å². The first kappa shape index (κ1) is 20.7. The van der Waals surface area contributed by atoms with Crippen molar-refractivity contribution < 1.29 is 9.18 Å². The Morgan fingerprint density at radius 1 is 1.20 bits per heavy atom. The Kier molecular flexibility index (Phi) is 6.27. The summed E-state index contributed by atoms with van der Waals surface area (Å²) in [6.45, 7) is 8.45. The van der Waals surface area contributed by atoms with Gasteiger partial charge in [-0.1, -0.05) is 26.0 Å². The molecule has 2 atom stereocenters. The molecule has 1 amide bonds. The molecule has 6 nitrogen and oxygen atoms in total. The Balaban J connectivity index is 1.45. The van der Waals surface area contributed by atoms with Gasteiger partial charge >= 0.3 is 0 Å². The Morgan fingerprint density at radius 2 is 1.93 bits per heavy atom. The molecule has 4 rings (SSSR count). The molecule has 2 heterocycles. The predicted molar refractivity (Wildman–Crippen MR) is 115 cm³/mol. The fourth-order valence-corrected chi connectivity index (χ4v) is 4.57. The number of fused-ring (bicyclic) bond motifs is 1. The van der Waals surface area contributed by atoms with E-state index in [4.69, 9.17) is 0 Å². The molecule has 2 aliphatic rings. The number of nitrogens with one attached hydrogen (secondary N) is 1. The summed E-state index contributed by atoms with van der Waals surface area (Å²) in [5.41, 5.74) is 3.31. The van der Waals surface area contributed by atoms with Crippen LogP contribution in [0.4, 0.5) is 10.2 Å². The van der Waals surface area contributed by atoms with Gasteiger partial charge < -0.3 is 15.1 Å². The maximum atomic E-state index is 13.4. The predicted octanol–water partition coefficient (Wildman–Crippen LogP) is 2.71. The molecule has 0 saturated carbocycles. The number of amides is 1. The molecule has 1 N–H and O–H groups in total. The molecule has 1 aromatic carbocycles. The third kappa shape index (κ3) is 4.17. The Hall–Kier alpha value is -2.54. The molecular formula is C23H30FN5O. The van der Waals surface area contributed by atoms with Gasteiger partial charge in [-0.05, 0) is 43.0 Å². The number of aromatic nitrogens is 2. The summed E-state index contributed by atoms with van der Waals surface area (Å²) < 4.78 is 13.4. The van der Waals surface area contributed by atoms with Crippen LogP contribution in [-0.2, 0) is 11.2 Å². The first-order valence-electron chi connectivity index (χ1n) is 10.9. The van der Waals surface area contributed by atoms with E-state index in [1.165, 1.54) is 23.4 Å². The van der Waals surface area contributed by atoms with Crippen molar-refractivity contribution in [3.63, 3.8) is 0 Å². The highest BCUT2D eigenvalue weighted by Gasteiger charge is 2.31. The molecule has 1 aliphatic heterocycles. The maximum Gasteiger partial charge on any atom is 0.231 e. The summed E-state index contributed by atoms with van der Waals surface area (Å²) in [6.07, 6.45) is 3.82. The van der Waals surface area contributed by atoms with Crippen LogP contribution in [0.2, 0.25) is 0 Å². The second-order valence-corrected chi connectivity index (χ2v) is 8.22. The number of hydrogen-bond acceptors (Lipinski definition) is 5. The van der Waals surface area contributed by atoms with E-state index in [2.05, 4.69) is 27.1 Å². The average molecular weight is 412 g/mol. The van der Waals surface area contributed by atoms with Gasteiger partial charge in [0.25, 0.3) is 0 Å². The molecule has 0 unspecified atom stereocenters. The Bertz CT molecular complexity index is 880. The Morgan fingerprint density at radius 3 is 2.63 bits per heavy atom. The van der Waals surface area contributed by atoms with E-state index >= 15 is 0 Å². The number of halogens is 1. The van der Waals surface area contributed by atoms with Gasteiger partial charge in [0.05, 0.1) is 5.92 Å². The van der Waals surface area contributed by atoms with E-state index in [0.29, 0.717) is 25.6 Å². The van der Waals surface area contributed by atoms with E-state index in [-0.39, 0.29) is 17.6 Å². The van der Waals surface area contributed by atoms with Gasteiger partial charge in [-0.2, -0.15) is 0 Å². The van der Waals surface area contributed by atoms with Gasteiger partial charge in [0.2, 0.25) is 5.91 Å². The van der Waals surface area contributed by atoms with Crippen molar-refractivity contribution in [2.45, 2.75) is 38.5 Å². The van der Waals surface area contributed by atoms with Crippen LogP contribution in [0.1, 0.15) is 48.9 Å². The first-order chi connectivity index (χ1) is 14.6. The van der Waals surface area contributed by atoms with Gasteiger partial charge in [-0.15, -0.1) is 0 Å². The van der Waals surface area contributed by atoms with Gasteiger partial charge in [-0.3, -0.25) is 4.79 Å². The molecule has 2 aromatic rings. The molecule has 1 aromatic heterocycles. The molecule has 0 bridgehead atoms. The zero-order chi connectivity index (χ0) is 21.1. The first-order valence-corrected chi connectivity index (χ1v) is 10.9. The number of carbonyl (C=O) groups excluding carboxylic acids is 1. The quantitative estimate of drug-likeness (QED) is 0.792. The van der Waals surface area contributed by atoms with Gasteiger partial charge in [0.1, 0.15) is 18.0 Å². The molecule has 1 saturated heterocycles. The monoisotopic (exact) mass is 411 g/mol. The third-order valence-electron chi connectivity index (χ3n) is 6.31. The summed E-state index contributed by atoms with van der Waals surface area (Å²) in [4.78, 5) is 26.6. The average Bonchev–Trinajstić information content (AvgIpc) is 3.16. The summed E-state index contributed by atoms with van der Waals surface area (Å²) >= 11 is 0. The van der Waals surface area contributed by atoms with Crippen LogP contribution in [0.15, 0.2) is 30.6 Å². The number of nitrogens with zero attached hydrogens (tertiary/aromatic N) is 4. The molecule has 30 heavy (non-hydrogen) atoms. The van der Waals surface area contributed by atoms with E-state index < -0.39 is 0 Å². The minimum Gasteiger partial charge on any atom is -0.353 e. The van der Waals surface area contributed by atoms with Crippen LogP contribution in [0.3, 0.4) is 0 Å². The van der Waals surface area contributed by atoms with Crippen molar-refractivity contribution in [1.82, 2.24) is 20.2 Å². The summed E-state index contributed by atoms with van der Waals surface area (Å²) in [5, 5.41) is 3.28. The molecule has 0 radical (unpaired) electrons. The molecule has 1 fully saturated rings. The highest BCUT2D eigenvalue weighted by Crippen LogP contribution is 2.37. The molecule has 0 spiro atoms. The van der Waals surface area contributed by atoms with Crippen molar-refractivity contribution in [1.29, 1.82) is 0 Å². The molecular weight excluding hydrogens is 381 g/mol.